The van der Waals surface area contributed by atoms with Crippen LogP contribution in [0.5, 0.6) is 5.75 Å². The summed E-state index contributed by atoms with van der Waals surface area (Å²) >= 11 is 0. The highest BCUT2D eigenvalue weighted by molar-refractivity contribution is 5.74. The lowest BCUT2D eigenvalue weighted by Crippen LogP contribution is -2.73. The minimum atomic E-state index is -0.0289. The fourth-order valence-corrected chi connectivity index (χ4v) is 6.17. The van der Waals surface area contributed by atoms with Crippen LogP contribution in [0.1, 0.15) is 44.7 Å². The molecular formula is C22H31NO4. The van der Waals surface area contributed by atoms with Gasteiger partial charge in [0.2, 0.25) is 0 Å². The van der Waals surface area contributed by atoms with Crippen LogP contribution in [-0.4, -0.2) is 50.5 Å². The van der Waals surface area contributed by atoms with E-state index in [1.165, 1.54) is 11.1 Å². The van der Waals surface area contributed by atoms with E-state index in [-0.39, 0.29) is 35.6 Å². The standard InChI is InChI=1S/C22H31NO4/c1-6-26-20(24)16-11-22(3)19-9-14-7-8-15(27-13-25-5)10-17(14)21(22,2)12-18(16)23(19)4/h7-8,10,16,18-19H,6,9,11-13H2,1-5H3. The van der Waals surface area contributed by atoms with Gasteiger partial charge >= 0.3 is 5.97 Å². The Labute approximate surface area is 162 Å². The minimum absolute atomic E-state index is 0.0257. The van der Waals surface area contributed by atoms with Crippen molar-refractivity contribution in [2.75, 3.05) is 27.6 Å². The van der Waals surface area contributed by atoms with E-state index in [2.05, 4.69) is 37.9 Å². The van der Waals surface area contributed by atoms with Gasteiger partial charge in [-0.05, 0) is 61.9 Å². The molecule has 5 atom stereocenters. The molecule has 5 unspecified atom stereocenters. The van der Waals surface area contributed by atoms with Crippen LogP contribution in [-0.2, 0) is 26.1 Å². The van der Waals surface area contributed by atoms with Crippen LogP contribution in [0.25, 0.3) is 0 Å². The lowest BCUT2D eigenvalue weighted by Gasteiger charge is -2.69. The molecule has 5 nitrogen and oxygen atoms in total. The third kappa shape index (κ3) is 2.54. The maximum atomic E-state index is 12.6. The summed E-state index contributed by atoms with van der Waals surface area (Å²) in [7, 11) is 3.83. The topological polar surface area (TPSA) is 48.0 Å². The molecule has 0 spiro atoms. The average molecular weight is 373 g/mol. The molecule has 5 rings (SSSR count). The van der Waals surface area contributed by atoms with Crippen molar-refractivity contribution >= 4 is 5.97 Å². The van der Waals surface area contributed by atoms with E-state index >= 15 is 0 Å². The molecule has 148 valence electrons. The molecule has 0 radical (unpaired) electrons. The van der Waals surface area contributed by atoms with Crippen molar-refractivity contribution in [1.29, 1.82) is 0 Å². The highest BCUT2D eigenvalue weighted by Crippen LogP contribution is 2.65. The van der Waals surface area contributed by atoms with Gasteiger partial charge in [-0.3, -0.25) is 9.69 Å². The Morgan fingerprint density at radius 1 is 1.30 bits per heavy atom. The Morgan fingerprint density at radius 3 is 2.78 bits per heavy atom. The molecule has 5 heteroatoms. The van der Waals surface area contributed by atoms with E-state index in [1.54, 1.807) is 7.11 Å². The van der Waals surface area contributed by atoms with Crippen molar-refractivity contribution in [2.45, 2.75) is 57.5 Å². The molecule has 1 aromatic carbocycles. The van der Waals surface area contributed by atoms with Crippen molar-refractivity contribution in [1.82, 2.24) is 4.90 Å². The molecule has 0 aromatic heterocycles. The summed E-state index contributed by atoms with van der Waals surface area (Å²) < 4.78 is 16.2. The zero-order valence-corrected chi connectivity index (χ0v) is 17.1. The lowest BCUT2D eigenvalue weighted by molar-refractivity contribution is -0.180. The molecule has 2 aliphatic heterocycles. The summed E-state index contributed by atoms with van der Waals surface area (Å²) in [5.74, 6) is 0.799. The zero-order valence-electron chi connectivity index (χ0n) is 17.1. The number of ether oxygens (including phenoxy) is 3. The predicted molar refractivity (Wildman–Crippen MR) is 103 cm³/mol. The maximum absolute atomic E-state index is 12.6. The molecule has 27 heavy (non-hydrogen) atoms. The maximum Gasteiger partial charge on any atom is 0.310 e. The summed E-state index contributed by atoms with van der Waals surface area (Å²) in [4.78, 5) is 15.1. The number of hydrogen-bond donors (Lipinski definition) is 0. The number of hydrogen-bond acceptors (Lipinski definition) is 5. The van der Waals surface area contributed by atoms with Gasteiger partial charge in [0.15, 0.2) is 6.79 Å². The van der Waals surface area contributed by atoms with Gasteiger partial charge in [-0.25, -0.2) is 0 Å². The van der Waals surface area contributed by atoms with E-state index in [4.69, 9.17) is 14.2 Å². The highest BCUT2D eigenvalue weighted by atomic mass is 16.7. The predicted octanol–water partition coefficient (Wildman–Crippen LogP) is 3.15. The van der Waals surface area contributed by atoms with E-state index in [1.807, 2.05) is 13.0 Å². The Kier molecular flexibility index (Phi) is 4.51. The molecule has 1 aromatic rings. The number of carbonyl (C=O) groups excluding carboxylic acids is 1. The summed E-state index contributed by atoms with van der Waals surface area (Å²) in [6, 6.07) is 7.15. The molecule has 3 fully saturated rings. The van der Waals surface area contributed by atoms with E-state index in [0.717, 1.165) is 25.0 Å². The van der Waals surface area contributed by atoms with Gasteiger partial charge in [0, 0.05) is 24.6 Å². The third-order valence-corrected chi connectivity index (χ3v) is 7.76. The molecule has 4 aliphatic rings. The minimum Gasteiger partial charge on any atom is -0.468 e. The summed E-state index contributed by atoms with van der Waals surface area (Å²) in [6.45, 7) is 7.36. The van der Waals surface area contributed by atoms with Crippen LogP contribution >= 0.6 is 0 Å². The smallest absolute Gasteiger partial charge is 0.310 e. The summed E-state index contributed by atoms with van der Waals surface area (Å²) in [5, 5.41) is 0. The van der Waals surface area contributed by atoms with Gasteiger partial charge < -0.3 is 14.2 Å². The van der Waals surface area contributed by atoms with Crippen molar-refractivity contribution in [2.24, 2.45) is 11.3 Å². The van der Waals surface area contributed by atoms with Gasteiger partial charge in [-0.1, -0.05) is 19.9 Å². The first kappa shape index (κ1) is 18.8. The summed E-state index contributed by atoms with van der Waals surface area (Å²) in [6.07, 6.45) is 2.89. The number of esters is 1. The summed E-state index contributed by atoms with van der Waals surface area (Å²) in [5.41, 5.74) is 2.85. The number of carbonyl (C=O) groups is 1. The first-order valence-corrected chi connectivity index (χ1v) is 9.99. The van der Waals surface area contributed by atoms with Crippen LogP contribution in [0.15, 0.2) is 18.2 Å². The molecule has 2 saturated heterocycles. The Hall–Kier alpha value is -1.59. The molecule has 1 saturated carbocycles. The van der Waals surface area contributed by atoms with Gasteiger partial charge in [-0.15, -0.1) is 0 Å². The second-order valence-corrected chi connectivity index (χ2v) is 8.84. The van der Waals surface area contributed by atoms with E-state index in [9.17, 15) is 4.79 Å². The average Bonchev–Trinajstić information content (AvgIpc) is 2.64. The van der Waals surface area contributed by atoms with E-state index in [0.29, 0.717) is 12.6 Å². The Balaban J connectivity index is 1.74. The van der Waals surface area contributed by atoms with Gasteiger partial charge in [0.05, 0.1) is 12.5 Å². The first-order chi connectivity index (χ1) is 12.9. The Morgan fingerprint density at radius 2 is 2.07 bits per heavy atom. The zero-order chi connectivity index (χ0) is 19.4. The monoisotopic (exact) mass is 373 g/mol. The van der Waals surface area contributed by atoms with Crippen molar-refractivity contribution in [3.05, 3.63) is 29.3 Å². The number of fused-ring (bicyclic) bond motifs is 2. The Bertz CT molecular complexity index is 750. The largest absolute Gasteiger partial charge is 0.468 e. The fourth-order valence-electron chi connectivity index (χ4n) is 6.17. The third-order valence-electron chi connectivity index (χ3n) is 7.76. The molecule has 2 heterocycles. The number of methoxy groups -OCH3 is 1. The molecule has 4 bridgehead atoms. The molecular weight excluding hydrogens is 342 g/mol. The molecule has 0 amide bonds. The lowest BCUT2D eigenvalue weighted by atomic mass is 9.42. The van der Waals surface area contributed by atoms with Gasteiger partial charge in [0.25, 0.3) is 0 Å². The number of nitrogens with zero attached hydrogens (tertiary/aromatic N) is 1. The second-order valence-electron chi connectivity index (χ2n) is 8.84. The van der Waals surface area contributed by atoms with Crippen LogP contribution in [0.2, 0.25) is 0 Å². The molecule has 0 N–H and O–H groups in total. The fraction of sp³-hybridized carbons (Fsp3) is 0.682. The van der Waals surface area contributed by atoms with Crippen LogP contribution < -0.4 is 4.74 Å². The van der Waals surface area contributed by atoms with Crippen LogP contribution in [0, 0.1) is 11.3 Å². The van der Waals surface area contributed by atoms with Gasteiger partial charge in [0.1, 0.15) is 5.75 Å². The number of benzene rings is 1. The normalized spacial score (nSPS) is 37.0. The van der Waals surface area contributed by atoms with E-state index < -0.39 is 0 Å². The van der Waals surface area contributed by atoms with Crippen molar-refractivity contribution in [3.63, 3.8) is 0 Å². The first-order valence-electron chi connectivity index (χ1n) is 9.99. The number of likely N-dealkylation sites (N-methyl/N-ethyl adjacent to an activating group) is 1. The number of rotatable bonds is 5. The van der Waals surface area contributed by atoms with Crippen molar-refractivity contribution < 1.29 is 19.0 Å². The quantitative estimate of drug-likeness (QED) is 0.586. The second kappa shape index (κ2) is 6.49. The number of piperidine rings is 2. The van der Waals surface area contributed by atoms with Crippen molar-refractivity contribution in [3.8, 4) is 5.75 Å². The van der Waals surface area contributed by atoms with Gasteiger partial charge in [-0.2, -0.15) is 0 Å². The van der Waals surface area contributed by atoms with Crippen LogP contribution in [0.4, 0.5) is 0 Å². The van der Waals surface area contributed by atoms with Crippen LogP contribution in [0.3, 0.4) is 0 Å². The molecule has 2 aliphatic carbocycles. The SMILES string of the molecule is CCOC(=O)C1CC2(C)C3Cc4ccc(OCOC)cc4C2(C)CC1N3C. The highest BCUT2D eigenvalue weighted by Gasteiger charge is 2.66.